The zero-order valence-electron chi connectivity index (χ0n) is 13.8. The van der Waals surface area contributed by atoms with Crippen LogP contribution >= 0.6 is 0 Å². The molecule has 126 valence electrons. The molecular weight excluding hydrogens is 292 g/mol. The lowest BCUT2D eigenvalue weighted by molar-refractivity contribution is -0.135. The molecule has 23 heavy (non-hydrogen) atoms. The van der Waals surface area contributed by atoms with Crippen molar-refractivity contribution >= 4 is 11.6 Å². The molecule has 2 aliphatic heterocycles. The lowest BCUT2D eigenvalue weighted by atomic mass is 9.96. The summed E-state index contributed by atoms with van der Waals surface area (Å²) in [6, 6.07) is 10.1. The molecule has 1 amide bonds. The number of para-hydroxylation sites is 1. The summed E-state index contributed by atoms with van der Waals surface area (Å²) in [6.07, 6.45) is 1.88. The van der Waals surface area contributed by atoms with Crippen LogP contribution in [0.2, 0.25) is 0 Å². The lowest BCUT2D eigenvalue weighted by Crippen LogP contribution is -2.45. The van der Waals surface area contributed by atoms with Gasteiger partial charge in [0, 0.05) is 31.2 Å². The Bertz CT molecular complexity index is 494. The van der Waals surface area contributed by atoms with Gasteiger partial charge in [-0.3, -0.25) is 4.79 Å². The third-order valence-electron chi connectivity index (χ3n) is 4.75. The van der Waals surface area contributed by atoms with Crippen LogP contribution in [0.4, 0.5) is 5.69 Å². The number of likely N-dealkylation sites (N-methyl/N-ethyl adjacent to an activating group) is 1. The summed E-state index contributed by atoms with van der Waals surface area (Å²) in [5.41, 5.74) is 1.10. The molecule has 0 N–H and O–H groups in total. The van der Waals surface area contributed by atoms with Crippen molar-refractivity contribution in [3.05, 3.63) is 30.3 Å². The van der Waals surface area contributed by atoms with Crippen LogP contribution in [-0.4, -0.2) is 56.5 Å². The van der Waals surface area contributed by atoms with E-state index in [2.05, 4.69) is 24.0 Å². The van der Waals surface area contributed by atoms with Crippen LogP contribution in [0.15, 0.2) is 30.3 Å². The monoisotopic (exact) mass is 318 g/mol. The fourth-order valence-electron chi connectivity index (χ4n) is 3.36. The van der Waals surface area contributed by atoms with Gasteiger partial charge in [-0.2, -0.15) is 0 Å². The van der Waals surface area contributed by atoms with Gasteiger partial charge in [-0.15, -0.1) is 0 Å². The number of likely N-dealkylation sites (tertiary alicyclic amines) is 1. The SMILES string of the molecule is CCN(CC(=O)N1CCC(C2OCCO2)CC1)c1ccccc1. The lowest BCUT2D eigenvalue weighted by Gasteiger charge is -2.35. The molecule has 0 radical (unpaired) electrons. The molecule has 2 fully saturated rings. The molecule has 2 heterocycles. The van der Waals surface area contributed by atoms with Gasteiger partial charge in [0.15, 0.2) is 6.29 Å². The number of hydrogen-bond donors (Lipinski definition) is 0. The van der Waals surface area contributed by atoms with Gasteiger partial charge < -0.3 is 19.3 Å². The number of piperidine rings is 1. The molecule has 2 aliphatic rings. The Labute approximate surface area is 138 Å². The largest absolute Gasteiger partial charge is 0.362 e. The predicted octanol–water partition coefficient (Wildman–Crippen LogP) is 2.12. The van der Waals surface area contributed by atoms with Crippen molar-refractivity contribution in [2.45, 2.75) is 26.1 Å². The van der Waals surface area contributed by atoms with E-state index in [0.717, 1.165) is 38.2 Å². The van der Waals surface area contributed by atoms with Crippen LogP contribution in [-0.2, 0) is 14.3 Å². The quantitative estimate of drug-likeness (QED) is 0.834. The molecule has 0 aliphatic carbocycles. The molecule has 0 saturated carbocycles. The number of ether oxygens (including phenoxy) is 2. The van der Waals surface area contributed by atoms with Gasteiger partial charge in [0.05, 0.1) is 19.8 Å². The van der Waals surface area contributed by atoms with E-state index in [1.54, 1.807) is 0 Å². The van der Waals surface area contributed by atoms with Gasteiger partial charge in [-0.25, -0.2) is 0 Å². The van der Waals surface area contributed by atoms with E-state index in [4.69, 9.17) is 9.47 Å². The van der Waals surface area contributed by atoms with Gasteiger partial charge in [0.1, 0.15) is 0 Å². The highest BCUT2D eigenvalue weighted by atomic mass is 16.7. The zero-order chi connectivity index (χ0) is 16.1. The van der Waals surface area contributed by atoms with Crippen LogP contribution in [0.3, 0.4) is 0 Å². The molecule has 0 aromatic heterocycles. The van der Waals surface area contributed by atoms with Gasteiger partial charge >= 0.3 is 0 Å². The summed E-state index contributed by atoms with van der Waals surface area (Å²) in [7, 11) is 0. The van der Waals surface area contributed by atoms with Crippen molar-refractivity contribution in [3.8, 4) is 0 Å². The number of carbonyl (C=O) groups is 1. The van der Waals surface area contributed by atoms with Gasteiger partial charge in [-0.1, -0.05) is 18.2 Å². The van der Waals surface area contributed by atoms with E-state index in [0.29, 0.717) is 25.7 Å². The van der Waals surface area contributed by atoms with E-state index in [-0.39, 0.29) is 12.2 Å². The number of hydrogen-bond acceptors (Lipinski definition) is 4. The van der Waals surface area contributed by atoms with Gasteiger partial charge in [0.25, 0.3) is 0 Å². The Morgan fingerprint density at radius 1 is 1.17 bits per heavy atom. The fraction of sp³-hybridized carbons (Fsp3) is 0.611. The van der Waals surface area contributed by atoms with Crippen molar-refractivity contribution in [2.75, 3.05) is 44.3 Å². The summed E-state index contributed by atoms with van der Waals surface area (Å²) in [5.74, 6) is 0.639. The minimum absolute atomic E-state index is 0.0521. The van der Waals surface area contributed by atoms with Gasteiger partial charge in [-0.05, 0) is 31.9 Å². The number of nitrogens with zero attached hydrogens (tertiary/aromatic N) is 2. The van der Waals surface area contributed by atoms with E-state index >= 15 is 0 Å². The molecule has 5 nitrogen and oxygen atoms in total. The fourth-order valence-corrected chi connectivity index (χ4v) is 3.36. The topological polar surface area (TPSA) is 42.0 Å². The molecule has 1 aromatic carbocycles. The second-order valence-electron chi connectivity index (χ2n) is 6.18. The molecule has 0 bridgehead atoms. The summed E-state index contributed by atoms with van der Waals surface area (Å²) in [6.45, 7) is 6.37. The molecule has 5 heteroatoms. The predicted molar refractivity (Wildman–Crippen MR) is 89.3 cm³/mol. The maximum Gasteiger partial charge on any atom is 0.242 e. The second-order valence-corrected chi connectivity index (χ2v) is 6.18. The van der Waals surface area contributed by atoms with E-state index in [1.807, 2.05) is 23.1 Å². The third kappa shape index (κ3) is 4.03. The average Bonchev–Trinajstić information content (AvgIpc) is 3.15. The minimum Gasteiger partial charge on any atom is -0.362 e. The average molecular weight is 318 g/mol. The Morgan fingerprint density at radius 2 is 1.83 bits per heavy atom. The first-order valence-electron chi connectivity index (χ1n) is 8.59. The van der Waals surface area contributed by atoms with Crippen molar-refractivity contribution in [3.63, 3.8) is 0 Å². The normalized spacial score (nSPS) is 20.0. The number of amides is 1. The summed E-state index contributed by atoms with van der Waals surface area (Å²) < 4.78 is 11.2. The Balaban J connectivity index is 1.50. The molecule has 1 aromatic rings. The number of benzene rings is 1. The molecular formula is C18H26N2O3. The minimum atomic E-state index is -0.0521. The highest BCUT2D eigenvalue weighted by Gasteiger charge is 2.31. The summed E-state index contributed by atoms with van der Waals surface area (Å²) >= 11 is 0. The maximum atomic E-state index is 12.6. The van der Waals surface area contributed by atoms with Crippen molar-refractivity contribution in [1.29, 1.82) is 0 Å². The maximum absolute atomic E-state index is 12.6. The first-order valence-corrected chi connectivity index (χ1v) is 8.59. The number of anilines is 1. The zero-order valence-corrected chi connectivity index (χ0v) is 13.8. The Hall–Kier alpha value is -1.59. The summed E-state index contributed by atoms with van der Waals surface area (Å²) in [4.78, 5) is 16.7. The van der Waals surface area contributed by atoms with E-state index in [9.17, 15) is 4.79 Å². The van der Waals surface area contributed by atoms with Crippen LogP contribution in [0.1, 0.15) is 19.8 Å². The molecule has 0 unspecified atom stereocenters. The van der Waals surface area contributed by atoms with Gasteiger partial charge in [0.2, 0.25) is 5.91 Å². The number of carbonyl (C=O) groups excluding carboxylic acids is 1. The van der Waals surface area contributed by atoms with Crippen molar-refractivity contribution < 1.29 is 14.3 Å². The highest BCUT2D eigenvalue weighted by Crippen LogP contribution is 2.26. The smallest absolute Gasteiger partial charge is 0.242 e. The van der Waals surface area contributed by atoms with E-state index < -0.39 is 0 Å². The molecule has 3 rings (SSSR count). The first-order chi connectivity index (χ1) is 11.3. The van der Waals surface area contributed by atoms with Crippen LogP contribution < -0.4 is 4.90 Å². The van der Waals surface area contributed by atoms with Crippen molar-refractivity contribution in [1.82, 2.24) is 4.90 Å². The van der Waals surface area contributed by atoms with E-state index in [1.165, 1.54) is 0 Å². The van der Waals surface area contributed by atoms with Crippen LogP contribution in [0.25, 0.3) is 0 Å². The first kappa shape index (κ1) is 16.3. The van der Waals surface area contributed by atoms with Crippen LogP contribution in [0, 0.1) is 5.92 Å². The second kappa shape index (κ2) is 7.79. The third-order valence-corrected chi connectivity index (χ3v) is 4.75. The van der Waals surface area contributed by atoms with Crippen LogP contribution in [0.5, 0.6) is 0 Å². The highest BCUT2D eigenvalue weighted by molar-refractivity contribution is 5.81. The molecule has 0 atom stereocenters. The Morgan fingerprint density at radius 3 is 2.43 bits per heavy atom. The number of rotatable bonds is 5. The standard InChI is InChI=1S/C18H26N2O3/c1-2-19(16-6-4-3-5-7-16)14-17(21)20-10-8-15(9-11-20)18-22-12-13-23-18/h3-7,15,18H,2,8-14H2,1H3. The summed E-state index contributed by atoms with van der Waals surface area (Å²) in [5, 5.41) is 0. The molecule has 2 saturated heterocycles. The van der Waals surface area contributed by atoms with Crippen molar-refractivity contribution in [2.24, 2.45) is 5.92 Å². The Kier molecular flexibility index (Phi) is 5.51. The molecule has 0 spiro atoms.